The van der Waals surface area contributed by atoms with Crippen LogP contribution in [0.1, 0.15) is 12.5 Å². The van der Waals surface area contributed by atoms with Crippen molar-refractivity contribution in [2.75, 3.05) is 6.61 Å². The highest BCUT2D eigenvalue weighted by Crippen LogP contribution is 2.06. The van der Waals surface area contributed by atoms with Gasteiger partial charge in [-0.25, -0.2) is 9.18 Å². The van der Waals surface area contributed by atoms with E-state index in [1.54, 1.807) is 31.5 Å². The molecule has 1 aromatic rings. The fraction of sp³-hybridized carbons (Fsp3) is 0.400. The van der Waals surface area contributed by atoms with Crippen molar-refractivity contribution in [1.82, 2.24) is 4.98 Å². The number of pyridine rings is 1. The summed E-state index contributed by atoms with van der Waals surface area (Å²) in [5.41, 5.74) is 0.737. The van der Waals surface area contributed by atoms with E-state index in [1.807, 2.05) is 0 Å². The zero-order chi connectivity index (χ0) is 10.4. The van der Waals surface area contributed by atoms with Gasteiger partial charge in [0, 0.05) is 18.8 Å². The first-order valence-electron chi connectivity index (χ1n) is 4.43. The van der Waals surface area contributed by atoms with E-state index in [0.717, 1.165) is 5.56 Å². The molecule has 0 aromatic carbocycles. The third kappa shape index (κ3) is 3.12. The zero-order valence-corrected chi connectivity index (χ0v) is 7.94. The first kappa shape index (κ1) is 10.6. The van der Waals surface area contributed by atoms with Crippen LogP contribution in [0.4, 0.5) is 4.39 Å². The summed E-state index contributed by atoms with van der Waals surface area (Å²) in [6.45, 7) is 1.85. The molecule has 0 bridgehead atoms. The molecular formula is C10H12FNO2. The smallest absolute Gasteiger partial charge is 0.341 e. The first-order chi connectivity index (χ1) is 6.74. The topological polar surface area (TPSA) is 39.2 Å². The van der Waals surface area contributed by atoms with Crippen molar-refractivity contribution in [2.24, 2.45) is 0 Å². The van der Waals surface area contributed by atoms with Gasteiger partial charge in [-0.2, -0.15) is 0 Å². The lowest BCUT2D eigenvalue weighted by Crippen LogP contribution is -2.21. The Bertz CT molecular complexity index is 289. The summed E-state index contributed by atoms with van der Waals surface area (Å²) in [7, 11) is 0. The Kier molecular flexibility index (Phi) is 4.04. The average Bonchev–Trinajstić information content (AvgIpc) is 2.19. The molecule has 4 heteroatoms. The molecule has 3 nitrogen and oxygen atoms in total. The summed E-state index contributed by atoms with van der Waals surface area (Å²) >= 11 is 0. The Morgan fingerprint density at radius 1 is 1.57 bits per heavy atom. The maximum absolute atomic E-state index is 13.2. The maximum Gasteiger partial charge on any atom is 0.341 e. The minimum absolute atomic E-state index is 0.0430. The Morgan fingerprint density at radius 2 is 2.21 bits per heavy atom. The molecule has 0 saturated carbocycles. The molecule has 0 aliphatic heterocycles. The van der Waals surface area contributed by atoms with Gasteiger partial charge in [0.25, 0.3) is 0 Å². The van der Waals surface area contributed by atoms with Gasteiger partial charge in [0.15, 0.2) is 0 Å². The number of carbonyl (C=O) groups excluding carboxylic acids is 1. The van der Waals surface area contributed by atoms with Gasteiger partial charge in [-0.3, -0.25) is 4.98 Å². The normalized spacial score (nSPS) is 12.1. The second-order valence-electron chi connectivity index (χ2n) is 2.78. The summed E-state index contributed by atoms with van der Waals surface area (Å²) < 4.78 is 17.7. The molecule has 1 rings (SSSR count). The summed E-state index contributed by atoms with van der Waals surface area (Å²) in [4.78, 5) is 14.7. The van der Waals surface area contributed by atoms with Crippen LogP contribution < -0.4 is 0 Å². The molecule has 1 heterocycles. The summed E-state index contributed by atoms with van der Waals surface area (Å²) in [6.07, 6.45) is 1.58. The van der Waals surface area contributed by atoms with E-state index in [1.165, 1.54) is 0 Å². The highest BCUT2D eigenvalue weighted by molar-refractivity contribution is 5.74. The quantitative estimate of drug-likeness (QED) is 0.687. The van der Waals surface area contributed by atoms with Gasteiger partial charge in [-0.05, 0) is 24.6 Å². The monoisotopic (exact) mass is 197 g/mol. The van der Waals surface area contributed by atoms with Crippen LogP contribution >= 0.6 is 0 Å². The number of ether oxygens (including phenoxy) is 1. The fourth-order valence-electron chi connectivity index (χ4n) is 1.04. The number of aromatic nitrogens is 1. The van der Waals surface area contributed by atoms with Crippen LogP contribution in [0.5, 0.6) is 0 Å². The highest BCUT2D eigenvalue weighted by Gasteiger charge is 2.18. The van der Waals surface area contributed by atoms with E-state index in [0.29, 0.717) is 0 Å². The Hall–Kier alpha value is -1.45. The summed E-state index contributed by atoms with van der Waals surface area (Å²) in [6, 6.07) is 3.34. The van der Waals surface area contributed by atoms with Gasteiger partial charge in [0.1, 0.15) is 0 Å². The Balaban J connectivity index is 2.49. The molecule has 1 atom stereocenters. The van der Waals surface area contributed by atoms with Crippen molar-refractivity contribution in [3.05, 3.63) is 30.1 Å². The Morgan fingerprint density at radius 3 is 2.79 bits per heavy atom. The van der Waals surface area contributed by atoms with Crippen molar-refractivity contribution in [3.63, 3.8) is 0 Å². The molecule has 0 spiro atoms. The molecule has 0 N–H and O–H groups in total. The number of rotatable bonds is 4. The molecule has 14 heavy (non-hydrogen) atoms. The first-order valence-corrected chi connectivity index (χ1v) is 4.43. The molecule has 1 aromatic heterocycles. The van der Waals surface area contributed by atoms with Crippen molar-refractivity contribution in [2.45, 2.75) is 19.5 Å². The van der Waals surface area contributed by atoms with Crippen molar-refractivity contribution < 1.29 is 13.9 Å². The third-order valence-corrected chi connectivity index (χ3v) is 1.71. The number of alkyl halides is 1. The van der Waals surface area contributed by atoms with E-state index >= 15 is 0 Å². The standard InChI is InChI=1S/C10H12FNO2/c1-2-14-10(13)9(11)7-8-3-5-12-6-4-8/h3-6,9H,2,7H2,1H3. The predicted molar refractivity (Wildman–Crippen MR) is 49.5 cm³/mol. The minimum atomic E-state index is -1.59. The van der Waals surface area contributed by atoms with E-state index in [2.05, 4.69) is 9.72 Å². The molecule has 0 radical (unpaired) electrons. The van der Waals surface area contributed by atoms with Gasteiger partial charge >= 0.3 is 5.97 Å². The van der Waals surface area contributed by atoms with Crippen LogP contribution in [0.25, 0.3) is 0 Å². The fourth-order valence-corrected chi connectivity index (χ4v) is 1.04. The number of hydrogen-bond donors (Lipinski definition) is 0. The van der Waals surface area contributed by atoms with E-state index in [4.69, 9.17) is 0 Å². The molecule has 0 aliphatic rings. The number of nitrogens with zero attached hydrogens (tertiary/aromatic N) is 1. The van der Waals surface area contributed by atoms with Crippen LogP contribution in [0, 0.1) is 0 Å². The van der Waals surface area contributed by atoms with Crippen LogP contribution in [0.3, 0.4) is 0 Å². The Labute approximate surface area is 81.9 Å². The molecule has 0 saturated heterocycles. The predicted octanol–water partition coefficient (Wildman–Crippen LogP) is 1.53. The molecule has 0 amide bonds. The van der Waals surface area contributed by atoms with E-state index in [-0.39, 0.29) is 13.0 Å². The highest BCUT2D eigenvalue weighted by atomic mass is 19.1. The number of halogens is 1. The molecule has 0 aliphatic carbocycles. The van der Waals surface area contributed by atoms with Gasteiger partial charge in [-0.15, -0.1) is 0 Å². The second-order valence-corrected chi connectivity index (χ2v) is 2.78. The van der Waals surface area contributed by atoms with Crippen molar-refractivity contribution >= 4 is 5.97 Å². The lowest BCUT2D eigenvalue weighted by atomic mass is 10.1. The lowest BCUT2D eigenvalue weighted by molar-refractivity contribution is -0.149. The van der Waals surface area contributed by atoms with Crippen LogP contribution in [0.2, 0.25) is 0 Å². The van der Waals surface area contributed by atoms with Crippen molar-refractivity contribution in [1.29, 1.82) is 0 Å². The summed E-state index contributed by atoms with van der Waals surface area (Å²) in [5.74, 6) is -0.802. The van der Waals surface area contributed by atoms with Gasteiger partial charge in [0.2, 0.25) is 6.17 Å². The van der Waals surface area contributed by atoms with Crippen LogP contribution in [-0.4, -0.2) is 23.7 Å². The molecular weight excluding hydrogens is 185 g/mol. The second kappa shape index (κ2) is 5.32. The maximum atomic E-state index is 13.2. The van der Waals surface area contributed by atoms with Crippen LogP contribution in [-0.2, 0) is 16.0 Å². The van der Waals surface area contributed by atoms with E-state index < -0.39 is 12.1 Å². The van der Waals surface area contributed by atoms with Crippen LogP contribution in [0.15, 0.2) is 24.5 Å². The SMILES string of the molecule is CCOC(=O)C(F)Cc1ccncc1. The molecule has 1 unspecified atom stereocenters. The minimum Gasteiger partial charge on any atom is -0.464 e. The zero-order valence-electron chi connectivity index (χ0n) is 7.94. The summed E-state index contributed by atoms with van der Waals surface area (Å²) in [5, 5.41) is 0. The van der Waals surface area contributed by atoms with E-state index in [9.17, 15) is 9.18 Å². The largest absolute Gasteiger partial charge is 0.464 e. The lowest BCUT2D eigenvalue weighted by Gasteiger charge is -2.06. The number of esters is 1. The number of hydrogen-bond acceptors (Lipinski definition) is 3. The third-order valence-electron chi connectivity index (χ3n) is 1.71. The molecule has 0 fully saturated rings. The van der Waals surface area contributed by atoms with Crippen molar-refractivity contribution in [3.8, 4) is 0 Å². The number of carbonyl (C=O) groups is 1. The van der Waals surface area contributed by atoms with Gasteiger partial charge < -0.3 is 4.74 Å². The molecule has 76 valence electrons. The average molecular weight is 197 g/mol. The van der Waals surface area contributed by atoms with Gasteiger partial charge in [0.05, 0.1) is 6.61 Å². The van der Waals surface area contributed by atoms with Gasteiger partial charge in [-0.1, -0.05) is 0 Å².